The monoisotopic (exact) mass is 285 g/mol. The molecule has 1 rings (SSSR count). The molecule has 0 fully saturated rings. The van der Waals surface area contributed by atoms with Crippen molar-refractivity contribution in [3.05, 3.63) is 24.3 Å². The Balaban J connectivity index is 2.11. The maximum atomic E-state index is 5.69. The van der Waals surface area contributed by atoms with Crippen LogP contribution in [-0.4, -0.2) is 44.6 Å². The summed E-state index contributed by atoms with van der Waals surface area (Å²) in [7, 11) is 3.78. The van der Waals surface area contributed by atoms with Crippen molar-refractivity contribution in [2.45, 2.75) is 19.3 Å². The molecule has 0 spiro atoms. The van der Waals surface area contributed by atoms with Gasteiger partial charge < -0.3 is 14.4 Å². The van der Waals surface area contributed by atoms with Crippen LogP contribution in [-0.2, 0) is 0 Å². The lowest BCUT2D eigenvalue weighted by Crippen LogP contribution is -2.25. The van der Waals surface area contributed by atoms with Crippen molar-refractivity contribution < 1.29 is 9.47 Å². The van der Waals surface area contributed by atoms with Crippen molar-refractivity contribution in [2.24, 2.45) is 0 Å². The molecule has 1 aromatic rings. The van der Waals surface area contributed by atoms with Crippen molar-refractivity contribution in [3.8, 4) is 11.5 Å². The van der Waals surface area contributed by atoms with E-state index in [4.69, 9.17) is 21.1 Å². The van der Waals surface area contributed by atoms with Crippen molar-refractivity contribution >= 4 is 11.6 Å². The quantitative estimate of drug-likeness (QED) is 0.486. The number of methoxy groups -OCH3 is 1. The van der Waals surface area contributed by atoms with Crippen LogP contribution in [0.5, 0.6) is 11.5 Å². The molecule has 0 aromatic heterocycles. The molecule has 0 amide bonds. The Morgan fingerprint density at radius 3 is 2.32 bits per heavy atom. The molecule has 4 heteroatoms. The summed E-state index contributed by atoms with van der Waals surface area (Å²) in [5.74, 6) is 2.50. The summed E-state index contributed by atoms with van der Waals surface area (Å²) in [6, 6.07) is 7.68. The van der Waals surface area contributed by atoms with Crippen LogP contribution >= 0.6 is 11.6 Å². The van der Waals surface area contributed by atoms with Crippen LogP contribution in [0.2, 0.25) is 0 Å². The molecule has 0 unspecified atom stereocenters. The van der Waals surface area contributed by atoms with Crippen molar-refractivity contribution in [1.29, 1.82) is 0 Å². The van der Waals surface area contributed by atoms with Crippen molar-refractivity contribution in [1.82, 2.24) is 4.90 Å². The summed E-state index contributed by atoms with van der Waals surface area (Å²) in [6.07, 6.45) is 3.51. The number of alkyl halides is 1. The maximum Gasteiger partial charge on any atom is 0.119 e. The Kier molecular flexibility index (Phi) is 8.43. The van der Waals surface area contributed by atoms with Gasteiger partial charge in [-0.1, -0.05) is 6.42 Å². The Labute approximate surface area is 121 Å². The molecule has 0 bridgehead atoms. The van der Waals surface area contributed by atoms with E-state index in [-0.39, 0.29) is 0 Å². The molecule has 0 saturated carbocycles. The number of benzene rings is 1. The maximum absolute atomic E-state index is 5.69. The smallest absolute Gasteiger partial charge is 0.119 e. The topological polar surface area (TPSA) is 21.7 Å². The SMILES string of the molecule is COc1ccc(OCCN(C)CCCCCCl)cc1. The van der Waals surface area contributed by atoms with Crippen LogP contribution in [0.15, 0.2) is 24.3 Å². The average molecular weight is 286 g/mol. The zero-order valence-electron chi connectivity index (χ0n) is 11.9. The van der Waals surface area contributed by atoms with Gasteiger partial charge in [-0.05, 0) is 50.7 Å². The Bertz CT molecular complexity index is 329. The van der Waals surface area contributed by atoms with Crippen molar-refractivity contribution in [3.63, 3.8) is 0 Å². The van der Waals surface area contributed by atoms with Gasteiger partial charge >= 0.3 is 0 Å². The number of hydrogen-bond donors (Lipinski definition) is 0. The molecular weight excluding hydrogens is 262 g/mol. The molecule has 0 saturated heterocycles. The number of ether oxygens (including phenoxy) is 2. The predicted octanol–water partition coefficient (Wildman–Crippen LogP) is 3.41. The highest BCUT2D eigenvalue weighted by atomic mass is 35.5. The lowest BCUT2D eigenvalue weighted by molar-refractivity contribution is 0.234. The molecule has 0 aliphatic rings. The van der Waals surface area contributed by atoms with Gasteiger partial charge in [-0.3, -0.25) is 0 Å². The first-order chi connectivity index (χ1) is 9.26. The summed E-state index contributed by atoms with van der Waals surface area (Å²) in [4.78, 5) is 2.29. The largest absolute Gasteiger partial charge is 0.497 e. The average Bonchev–Trinajstić information content (AvgIpc) is 2.44. The molecule has 19 heavy (non-hydrogen) atoms. The molecule has 1 aromatic carbocycles. The Hall–Kier alpha value is -0.930. The van der Waals surface area contributed by atoms with Crippen LogP contribution < -0.4 is 9.47 Å². The molecule has 3 nitrogen and oxygen atoms in total. The van der Waals surface area contributed by atoms with Gasteiger partial charge in [0.05, 0.1) is 7.11 Å². The molecule has 0 radical (unpaired) electrons. The zero-order valence-corrected chi connectivity index (χ0v) is 12.7. The summed E-state index contributed by atoms with van der Waals surface area (Å²) in [5, 5.41) is 0. The summed E-state index contributed by atoms with van der Waals surface area (Å²) < 4.78 is 10.8. The third-order valence-electron chi connectivity index (χ3n) is 2.97. The molecule has 0 atom stereocenters. The first-order valence-corrected chi connectivity index (χ1v) is 7.31. The van der Waals surface area contributed by atoms with Crippen LogP contribution in [0.25, 0.3) is 0 Å². The fraction of sp³-hybridized carbons (Fsp3) is 0.600. The first-order valence-electron chi connectivity index (χ1n) is 6.77. The first kappa shape index (κ1) is 16.1. The van der Waals surface area contributed by atoms with E-state index in [1.54, 1.807) is 7.11 Å². The molecule has 0 heterocycles. The molecule has 108 valence electrons. The fourth-order valence-electron chi connectivity index (χ4n) is 1.76. The van der Waals surface area contributed by atoms with Gasteiger partial charge in [-0.2, -0.15) is 0 Å². The van der Waals surface area contributed by atoms with Crippen LogP contribution in [0.4, 0.5) is 0 Å². The van der Waals surface area contributed by atoms with E-state index in [1.165, 1.54) is 12.8 Å². The summed E-state index contributed by atoms with van der Waals surface area (Å²) >= 11 is 5.65. The third kappa shape index (κ3) is 7.28. The lowest BCUT2D eigenvalue weighted by Gasteiger charge is -2.16. The van der Waals surface area contributed by atoms with Gasteiger partial charge in [0.2, 0.25) is 0 Å². The van der Waals surface area contributed by atoms with Crippen molar-refractivity contribution in [2.75, 3.05) is 39.7 Å². The second-order valence-corrected chi connectivity index (χ2v) is 4.95. The normalized spacial score (nSPS) is 10.7. The summed E-state index contributed by atoms with van der Waals surface area (Å²) in [6.45, 7) is 2.74. The molecule has 0 N–H and O–H groups in total. The minimum atomic E-state index is 0.707. The minimum absolute atomic E-state index is 0.707. The van der Waals surface area contributed by atoms with Gasteiger partial charge in [-0.15, -0.1) is 11.6 Å². The van der Waals surface area contributed by atoms with E-state index < -0.39 is 0 Å². The highest BCUT2D eigenvalue weighted by molar-refractivity contribution is 6.17. The standard InChI is InChI=1S/C15H24ClNO2/c1-17(11-5-3-4-10-16)12-13-19-15-8-6-14(18-2)7-9-15/h6-9H,3-5,10-13H2,1-2H3. The minimum Gasteiger partial charge on any atom is -0.497 e. The van der Waals surface area contributed by atoms with E-state index in [0.29, 0.717) is 6.61 Å². The van der Waals surface area contributed by atoms with E-state index in [2.05, 4.69) is 11.9 Å². The highest BCUT2D eigenvalue weighted by Crippen LogP contribution is 2.16. The second-order valence-electron chi connectivity index (χ2n) is 4.58. The zero-order chi connectivity index (χ0) is 13.9. The van der Waals surface area contributed by atoms with E-state index in [0.717, 1.165) is 36.9 Å². The van der Waals surface area contributed by atoms with Crippen LogP contribution in [0.1, 0.15) is 19.3 Å². The van der Waals surface area contributed by atoms with E-state index in [9.17, 15) is 0 Å². The van der Waals surface area contributed by atoms with Gasteiger partial charge in [-0.25, -0.2) is 0 Å². The number of halogens is 1. The number of unbranched alkanes of at least 4 members (excludes halogenated alkanes) is 2. The van der Waals surface area contributed by atoms with Crippen LogP contribution in [0, 0.1) is 0 Å². The van der Waals surface area contributed by atoms with E-state index in [1.807, 2.05) is 24.3 Å². The number of hydrogen-bond acceptors (Lipinski definition) is 3. The molecule has 0 aliphatic heterocycles. The molecular formula is C15H24ClNO2. The van der Waals surface area contributed by atoms with E-state index >= 15 is 0 Å². The fourth-order valence-corrected chi connectivity index (χ4v) is 1.95. The highest BCUT2D eigenvalue weighted by Gasteiger charge is 2.00. The third-order valence-corrected chi connectivity index (χ3v) is 3.24. The second kappa shape index (κ2) is 9.93. The lowest BCUT2D eigenvalue weighted by atomic mass is 10.2. The van der Waals surface area contributed by atoms with Gasteiger partial charge in [0, 0.05) is 12.4 Å². The van der Waals surface area contributed by atoms with Crippen LogP contribution in [0.3, 0.4) is 0 Å². The molecule has 0 aliphatic carbocycles. The predicted molar refractivity (Wildman–Crippen MR) is 80.6 cm³/mol. The number of likely N-dealkylation sites (N-methyl/N-ethyl adjacent to an activating group) is 1. The Morgan fingerprint density at radius 1 is 1.00 bits per heavy atom. The number of nitrogens with zero attached hydrogens (tertiary/aromatic N) is 1. The van der Waals surface area contributed by atoms with Gasteiger partial charge in [0.15, 0.2) is 0 Å². The van der Waals surface area contributed by atoms with Gasteiger partial charge in [0.25, 0.3) is 0 Å². The Morgan fingerprint density at radius 2 is 1.68 bits per heavy atom. The number of rotatable bonds is 10. The summed E-state index contributed by atoms with van der Waals surface area (Å²) in [5.41, 5.74) is 0. The van der Waals surface area contributed by atoms with Gasteiger partial charge in [0.1, 0.15) is 18.1 Å².